The van der Waals surface area contributed by atoms with Crippen LogP contribution >= 0.6 is 0 Å². The smallest absolute Gasteiger partial charge is 0.371 e. The number of aromatic hydroxyl groups is 1. The van der Waals surface area contributed by atoms with Crippen molar-refractivity contribution >= 4 is 17.5 Å². The van der Waals surface area contributed by atoms with Gasteiger partial charge in [0, 0.05) is 18.2 Å². The van der Waals surface area contributed by atoms with Gasteiger partial charge in [0.05, 0.1) is 23.8 Å². The Morgan fingerprint density at radius 1 is 1.19 bits per heavy atom. The van der Waals surface area contributed by atoms with Gasteiger partial charge in [-0.2, -0.15) is 0 Å². The first kappa shape index (κ1) is 19.3. The molecule has 0 amide bonds. The third-order valence-electron chi connectivity index (χ3n) is 5.23. The maximum atomic E-state index is 13.4. The van der Waals surface area contributed by atoms with Gasteiger partial charge in [0.1, 0.15) is 5.75 Å². The van der Waals surface area contributed by atoms with Crippen molar-refractivity contribution in [3.63, 3.8) is 0 Å². The van der Waals surface area contributed by atoms with Crippen LogP contribution < -0.4 is 0 Å². The maximum absolute atomic E-state index is 13.4. The molecule has 1 aromatic carbocycles. The van der Waals surface area contributed by atoms with Gasteiger partial charge in [-0.25, -0.2) is 4.79 Å². The first-order chi connectivity index (χ1) is 12.6. The molecule has 7 heteroatoms. The molecule has 27 heavy (non-hydrogen) atoms. The molecule has 0 saturated carbocycles. The highest BCUT2D eigenvalue weighted by Gasteiger charge is 2.63. The predicted molar refractivity (Wildman–Crippen MR) is 94.8 cm³/mol. The van der Waals surface area contributed by atoms with E-state index in [-0.39, 0.29) is 28.0 Å². The lowest BCUT2D eigenvalue weighted by molar-refractivity contribution is -0.233. The number of methoxy groups -OCH3 is 2. The molecule has 0 spiro atoms. The van der Waals surface area contributed by atoms with Crippen LogP contribution in [-0.4, -0.2) is 48.3 Å². The number of phenolic OH excluding ortho intramolecular Hbond substituents is 1. The molecule has 1 aliphatic carbocycles. The minimum Gasteiger partial charge on any atom is -0.507 e. The van der Waals surface area contributed by atoms with Crippen LogP contribution in [0.3, 0.4) is 0 Å². The maximum Gasteiger partial charge on any atom is 0.371 e. The van der Waals surface area contributed by atoms with Crippen molar-refractivity contribution < 1.29 is 33.7 Å². The van der Waals surface area contributed by atoms with E-state index in [1.54, 1.807) is 26.8 Å². The van der Waals surface area contributed by atoms with Crippen LogP contribution in [0.15, 0.2) is 17.2 Å². The first-order valence-corrected chi connectivity index (χ1v) is 8.61. The number of ketones is 2. The number of rotatable bonds is 3. The molecule has 1 aliphatic heterocycles. The standard InChI is InChI=1S/C20H22O7/c1-7-10-9(2)8-11-12(15(10)21)17(23)14-13(16(11)22)19(3,4)27-20(14,26-6)18(24)25-5/h8,21H,7H2,1-6H3/t20-/m0/s1. The summed E-state index contributed by atoms with van der Waals surface area (Å²) in [5, 5.41) is 10.7. The van der Waals surface area contributed by atoms with E-state index < -0.39 is 28.9 Å². The number of Topliss-reactive ketones (excluding diaryl/α,β-unsaturated/α-hetero) is 2. The van der Waals surface area contributed by atoms with E-state index in [1.807, 2.05) is 6.92 Å². The van der Waals surface area contributed by atoms with Crippen molar-refractivity contribution in [3.8, 4) is 5.75 Å². The molecule has 1 atom stereocenters. The van der Waals surface area contributed by atoms with Gasteiger partial charge < -0.3 is 19.3 Å². The molecular weight excluding hydrogens is 352 g/mol. The van der Waals surface area contributed by atoms with Crippen LogP contribution in [0.4, 0.5) is 0 Å². The van der Waals surface area contributed by atoms with Crippen molar-refractivity contribution in [1.82, 2.24) is 0 Å². The van der Waals surface area contributed by atoms with Crippen LogP contribution in [0.5, 0.6) is 5.75 Å². The van der Waals surface area contributed by atoms with E-state index in [2.05, 4.69) is 0 Å². The Morgan fingerprint density at radius 3 is 2.33 bits per heavy atom. The van der Waals surface area contributed by atoms with Gasteiger partial charge in [0.2, 0.25) is 0 Å². The number of aryl methyl sites for hydroxylation is 1. The van der Waals surface area contributed by atoms with Crippen molar-refractivity contribution in [2.45, 2.75) is 45.5 Å². The highest BCUT2D eigenvalue weighted by molar-refractivity contribution is 6.31. The van der Waals surface area contributed by atoms with Crippen LogP contribution in [0.2, 0.25) is 0 Å². The van der Waals surface area contributed by atoms with Gasteiger partial charge in [-0.3, -0.25) is 9.59 Å². The van der Waals surface area contributed by atoms with Crippen LogP contribution in [0.1, 0.15) is 52.6 Å². The fourth-order valence-electron chi connectivity index (χ4n) is 4.04. The Balaban J connectivity index is 2.39. The second-order valence-electron chi connectivity index (χ2n) is 7.13. The largest absolute Gasteiger partial charge is 0.507 e. The fraction of sp³-hybridized carbons (Fsp3) is 0.450. The van der Waals surface area contributed by atoms with Gasteiger partial charge in [0.25, 0.3) is 0 Å². The van der Waals surface area contributed by atoms with E-state index in [1.165, 1.54) is 7.11 Å². The lowest BCUT2D eigenvalue weighted by Gasteiger charge is -2.29. The summed E-state index contributed by atoms with van der Waals surface area (Å²) in [6, 6.07) is 1.60. The first-order valence-electron chi connectivity index (χ1n) is 8.61. The van der Waals surface area contributed by atoms with Gasteiger partial charge >= 0.3 is 11.8 Å². The molecule has 0 saturated heterocycles. The number of phenols is 1. The molecule has 0 unspecified atom stereocenters. The molecule has 3 rings (SSSR count). The Hall–Kier alpha value is -2.51. The number of fused-ring (bicyclic) bond motifs is 1. The Bertz CT molecular complexity index is 923. The van der Waals surface area contributed by atoms with Crippen LogP contribution in [-0.2, 0) is 25.4 Å². The quantitative estimate of drug-likeness (QED) is 0.810. The topological polar surface area (TPSA) is 99.1 Å². The molecule has 144 valence electrons. The lowest BCUT2D eigenvalue weighted by atomic mass is 9.76. The SMILES string of the molecule is CCc1c(C)cc2c(c1O)C(=O)C1=C(C2=O)C(C)(C)O[C@]1(OC)C(=O)OC. The van der Waals surface area contributed by atoms with Crippen molar-refractivity contribution in [2.24, 2.45) is 0 Å². The average Bonchev–Trinajstić information content (AvgIpc) is 2.87. The van der Waals surface area contributed by atoms with E-state index in [0.717, 1.165) is 7.11 Å². The Labute approximate surface area is 156 Å². The van der Waals surface area contributed by atoms with Gasteiger partial charge in [-0.15, -0.1) is 0 Å². The third-order valence-corrected chi connectivity index (χ3v) is 5.23. The number of ether oxygens (including phenoxy) is 3. The summed E-state index contributed by atoms with van der Waals surface area (Å²) in [5.74, 6) is -4.52. The number of carbonyl (C=O) groups is 3. The van der Waals surface area contributed by atoms with Crippen LogP contribution in [0.25, 0.3) is 0 Å². The number of carbonyl (C=O) groups excluding carboxylic acids is 3. The zero-order chi connectivity index (χ0) is 20.3. The number of benzene rings is 1. The van der Waals surface area contributed by atoms with E-state index in [0.29, 0.717) is 17.5 Å². The normalized spacial score (nSPS) is 23.3. The Kier molecular flexibility index (Phi) is 4.28. The highest BCUT2D eigenvalue weighted by Crippen LogP contribution is 2.50. The summed E-state index contributed by atoms with van der Waals surface area (Å²) >= 11 is 0. The molecule has 0 fully saturated rings. The second kappa shape index (κ2) is 6.00. The number of esters is 1. The molecule has 2 aliphatic rings. The van der Waals surface area contributed by atoms with Gasteiger partial charge in [0.15, 0.2) is 11.6 Å². The highest BCUT2D eigenvalue weighted by atomic mass is 16.7. The third kappa shape index (κ3) is 2.31. The molecule has 1 heterocycles. The average molecular weight is 374 g/mol. The molecule has 0 radical (unpaired) electrons. The second-order valence-corrected chi connectivity index (χ2v) is 7.13. The Morgan fingerprint density at radius 2 is 1.81 bits per heavy atom. The molecule has 0 aromatic heterocycles. The molecular formula is C20H22O7. The number of hydrogen-bond acceptors (Lipinski definition) is 7. The summed E-state index contributed by atoms with van der Waals surface area (Å²) in [7, 11) is 2.33. The van der Waals surface area contributed by atoms with Crippen LogP contribution in [0, 0.1) is 6.92 Å². The lowest BCUT2D eigenvalue weighted by Crippen LogP contribution is -2.47. The summed E-state index contributed by atoms with van der Waals surface area (Å²) in [5.41, 5.74) is -0.223. The fourth-order valence-corrected chi connectivity index (χ4v) is 4.04. The molecule has 1 aromatic rings. The minimum absolute atomic E-state index is 0.0373. The van der Waals surface area contributed by atoms with Gasteiger partial charge in [-0.05, 0) is 44.4 Å². The zero-order valence-electron chi connectivity index (χ0n) is 16.2. The summed E-state index contributed by atoms with van der Waals surface area (Å²) < 4.78 is 15.9. The zero-order valence-corrected chi connectivity index (χ0v) is 16.2. The summed E-state index contributed by atoms with van der Waals surface area (Å²) in [4.78, 5) is 39.2. The van der Waals surface area contributed by atoms with Crippen molar-refractivity contribution in [2.75, 3.05) is 14.2 Å². The van der Waals surface area contributed by atoms with E-state index in [9.17, 15) is 19.5 Å². The monoisotopic (exact) mass is 374 g/mol. The number of hydrogen-bond donors (Lipinski definition) is 1. The minimum atomic E-state index is -2.16. The predicted octanol–water partition coefficient (Wildman–Crippen LogP) is 2.26. The molecule has 1 N–H and O–H groups in total. The van der Waals surface area contributed by atoms with E-state index >= 15 is 0 Å². The van der Waals surface area contributed by atoms with Crippen molar-refractivity contribution in [3.05, 3.63) is 39.5 Å². The van der Waals surface area contributed by atoms with E-state index in [4.69, 9.17) is 14.2 Å². The van der Waals surface area contributed by atoms with Crippen molar-refractivity contribution in [1.29, 1.82) is 0 Å². The summed E-state index contributed by atoms with van der Waals surface area (Å²) in [6.45, 7) is 6.76. The molecule has 0 bridgehead atoms. The van der Waals surface area contributed by atoms with Gasteiger partial charge in [-0.1, -0.05) is 6.92 Å². The molecule has 7 nitrogen and oxygen atoms in total. The summed E-state index contributed by atoms with van der Waals surface area (Å²) in [6.07, 6.45) is 0.479.